The molecule has 0 N–H and O–H groups in total. The fourth-order valence-electron chi connectivity index (χ4n) is 5.17. The predicted molar refractivity (Wildman–Crippen MR) is 186 cm³/mol. The van der Waals surface area contributed by atoms with E-state index >= 15 is 0 Å². The van der Waals surface area contributed by atoms with Gasteiger partial charge in [-0.1, -0.05) is 47.2 Å². The highest BCUT2D eigenvalue weighted by Gasteiger charge is 2.31. The van der Waals surface area contributed by atoms with Gasteiger partial charge in [0.05, 0.1) is 46.6 Å². The molecule has 1 aliphatic heterocycles. The van der Waals surface area contributed by atoms with E-state index in [1.54, 1.807) is 12.1 Å². The summed E-state index contributed by atoms with van der Waals surface area (Å²) >= 11 is 3.47. The van der Waals surface area contributed by atoms with Crippen molar-refractivity contribution in [3.8, 4) is 23.0 Å². The quantitative estimate of drug-likeness (QED) is 0.135. The molecule has 240 valence electrons. The zero-order valence-electron chi connectivity index (χ0n) is 26.3. The Balaban J connectivity index is 1.57. The highest BCUT2D eigenvalue weighted by molar-refractivity contribution is 14.1. The van der Waals surface area contributed by atoms with Crippen LogP contribution in [0.25, 0.3) is 6.08 Å². The zero-order chi connectivity index (χ0) is 32.8. The van der Waals surface area contributed by atoms with Gasteiger partial charge in [-0.05, 0) is 97.3 Å². The number of esters is 1. The molecule has 1 atom stereocenters. The van der Waals surface area contributed by atoms with Gasteiger partial charge in [0.2, 0.25) is 0 Å². The third-order valence-electron chi connectivity index (χ3n) is 7.10. The summed E-state index contributed by atoms with van der Waals surface area (Å²) in [4.78, 5) is 31.9. The standard InChI is InChI=1S/C35H35IN2O7S/c1-6-42-27-13-12-24(18-28(27)43-7-2)31-25(34(40)41-5)19-37-35-38(31)33(39)30(46-35)17-23-15-26(36)32(29(16-23)44-8-3)45-20-22-11-9-10-21(4)14-22/h9-19,31H,6-8,20H2,1-5H3/b30-17-/t31-/m1/s1. The molecule has 0 spiro atoms. The van der Waals surface area contributed by atoms with E-state index in [1.165, 1.54) is 29.2 Å². The van der Waals surface area contributed by atoms with Gasteiger partial charge < -0.3 is 23.7 Å². The number of aryl methyl sites for hydroxylation is 1. The van der Waals surface area contributed by atoms with Gasteiger partial charge in [-0.2, -0.15) is 0 Å². The summed E-state index contributed by atoms with van der Waals surface area (Å²) in [6.07, 6.45) is 3.28. The number of carbonyl (C=O) groups excluding carboxylic acids is 1. The third kappa shape index (κ3) is 7.15. The molecular formula is C35H35IN2O7S. The van der Waals surface area contributed by atoms with Crippen LogP contribution in [0.2, 0.25) is 0 Å². The van der Waals surface area contributed by atoms with Gasteiger partial charge in [0, 0.05) is 6.20 Å². The average molecular weight is 755 g/mol. The van der Waals surface area contributed by atoms with Gasteiger partial charge in [-0.15, -0.1) is 0 Å². The maximum Gasteiger partial charge on any atom is 0.337 e. The Kier molecular flexibility index (Phi) is 10.8. The molecule has 46 heavy (non-hydrogen) atoms. The molecule has 0 aliphatic carbocycles. The molecule has 0 saturated carbocycles. The lowest BCUT2D eigenvalue weighted by molar-refractivity contribution is -0.136. The lowest BCUT2D eigenvalue weighted by atomic mass is 9.97. The normalized spacial score (nSPS) is 14.2. The van der Waals surface area contributed by atoms with E-state index in [1.807, 2.05) is 70.2 Å². The number of ether oxygens (including phenoxy) is 5. The van der Waals surface area contributed by atoms with E-state index in [9.17, 15) is 9.59 Å². The molecular weight excluding hydrogens is 719 g/mol. The van der Waals surface area contributed by atoms with Gasteiger partial charge in [0.25, 0.3) is 5.56 Å². The van der Waals surface area contributed by atoms with Crippen molar-refractivity contribution < 1.29 is 28.5 Å². The van der Waals surface area contributed by atoms with Crippen molar-refractivity contribution in [1.82, 2.24) is 4.57 Å². The van der Waals surface area contributed by atoms with E-state index in [2.05, 4.69) is 33.6 Å². The second kappa shape index (κ2) is 15.0. The number of nitrogens with zero attached hydrogens (tertiary/aromatic N) is 2. The molecule has 3 aromatic carbocycles. The van der Waals surface area contributed by atoms with Crippen LogP contribution in [0.15, 0.2) is 76.2 Å². The molecule has 0 saturated heterocycles. The van der Waals surface area contributed by atoms with Gasteiger partial charge in [0.1, 0.15) is 6.61 Å². The number of benzene rings is 3. The van der Waals surface area contributed by atoms with Crippen molar-refractivity contribution in [2.24, 2.45) is 4.99 Å². The molecule has 5 rings (SSSR count). The van der Waals surface area contributed by atoms with Crippen LogP contribution in [-0.2, 0) is 16.1 Å². The average Bonchev–Trinajstić information content (AvgIpc) is 3.35. The van der Waals surface area contributed by atoms with Crippen molar-refractivity contribution in [1.29, 1.82) is 0 Å². The first-order chi connectivity index (χ1) is 22.3. The summed E-state index contributed by atoms with van der Waals surface area (Å²) in [6.45, 7) is 9.47. The Hall–Kier alpha value is -4.10. The molecule has 2 heterocycles. The second-order valence-electron chi connectivity index (χ2n) is 10.3. The summed E-state index contributed by atoms with van der Waals surface area (Å²) < 4.78 is 31.7. The summed E-state index contributed by atoms with van der Waals surface area (Å²) in [6, 6.07) is 16.6. The molecule has 1 aliphatic rings. The first-order valence-electron chi connectivity index (χ1n) is 14.9. The molecule has 0 bridgehead atoms. The van der Waals surface area contributed by atoms with Crippen molar-refractivity contribution >= 4 is 46.0 Å². The minimum atomic E-state index is -0.780. The fourth-order valence-corrected chi connectivity index (χ4v) is 6.92. The van der Waals surface area contributed by atoms with E-state index in [-0.39, 0.29) is 11.1 Å². The van der Waals surface area contributed by atoms with Crippen LogP contribution in [0, 0.1) is 10.5 Å². The number of hydrogen-bond acceptors (Lipinski definition) is 9. The Bertz CT molecular complexity index is 1960. The van der Waals surface area contributed by atoms with Gasteiger partial charge in [0.15, 0.2) is 27.8 Å². The van der Waals surface area contributed by atoms with Gasteiger partial charge in [-0.25, -0.2) is 9.79 Å². The van der Waals surface area contributed by atoms with Crippen molar-refractivity contribution in [3.05, 3.63) is 112 Å². The highest BCUT2D eigenvalue weighted by atomic mass is 127. The van der Waals surface area contributed by atoms with Crippen molar-refractivity contribution in [2.75, 3.05) is 26.9 Å². The summed E-state index contributed by atoms with van der Waals surface area (Å²) in [5.41, 5.74) is 3.60. The number of aromatic nitrogens is 1. The Morgan fingerprint density at radius 1 is 0.957 bits per heavy atom. The molecule has 4 aromatic rings. The largest absolute Gasteiger partial charge is 0.490 e. The molecule has 9 nitrogen and oxygen atoms in total. The lowest BCUT2D eigenvalue weighted by Crippen LogP contribution is -2.39. The maximum absolute atomic E-state index is 14.1. The van der Waals surface area contributed by atoms with E-state index in [4.69, 9.17) is 23.7 Å². The highest BCUT2D eigenvalue weighted by Crippen LogP contribution is 2.36. The predicted octanol–water partition coefficient (Wildman–Crippen LogP) is 5.71. The monoisotopic (exact) mass is 754 g/mol. The first kappa shape index (κ1) is 33.3. The number of hydrogen-bond donors (Lipinski definition) is 0. The van der Waals surface area contributed by atoms with Crippen LogP contribution in [0.1, 0.15) is 49.1 Å². The van der Waals surface area contributed by atoms with Crippen LogP contribution >= 0.6 is 33.9 Å². The zero-order valence-corrected chi connectivity index (χ0v) is 29.3. The summed E-state index contributed by atoms with van der Waals surface area (Å²) in [5, 5.41) is 0. The Morgan fingerprint density at radius 3 is 2.41 bits per heavy atom. The van der Waals surface area contributed by atoms with Crippen LogP contribution in [0.4, 0.5) is 0 Å². The number of methoxy groups -OCH3 is 1. The van der Waals surface area contributed by atoms with Crippen LogP contribution in [0.5, 0.6) is 23.0 Å². The van der Waals surface area contributed by atoms with Crippen molar-refractivity contribution in [2.45, 2.75) is 40.3 Å². The lowest BCUT2D eigenvalue weighted by Gasteiger charge is -2.23. The molecule has 0 unspecified atom stereocenters. The van der Waals surface area contributed by atoms with Crippen LogP contribution in [0.3, 0.4) is 0 Å². The van der Waals surface area contributed by atoms with Gasteiger partial charge >= 0.3 is 5.97 Å². The van der Waals surface area contributed by atoms with Gasteiger partial charge in [-0.3, -0.25) is 9.36 Å². The number of fused-ring (bicyclic) bond motifs is 1. The molecule has 0 radical (unpaired) electrons. The molecule has 1 aromatic heterocycles. The number of rotatable bonds is 12. The molecule has 0 fully saturated rings. The fraction of sp³-hybridized carbons (Fsp3) is 0.286. The van der Waals surface area contributed by atoms with E-state index in [0.717, 1.165) is 20.3 Å². The molecule has 0 amide bonds. The summed E-state index contributed by atoms with van der Waals surface area (Å²) in [7, 11) is 1.31. The van der Waals surface area contributed by atoms with Crippen molar-refractivity contribution in [3.63, 3.8) is 0 Å². The SMILES string of the molecule is CCOc1ccc([C@@H]2C(C(=O)OC)=CN=c3s/c(=C\c4cc(I)c(OCc5cccc(C)c5)c(OCC)c4)c(=O)n32)cc1OCC. The van der Waals surface area contributed by atoms with E-state index < -0.39 is 12.0 Å². The number of carbonyl (C=O) groups is 1. The number of thiazole rings is 1. The van der Waals surface area contributed by atoms with Crippen LogP contribution in [-0.4, -0.2) is 37.5 Å². The van der Waals surface area contributed by atoms with E-state index in [0.29, 0.717) is 64.3 Å². The van der Waals surface area contributed by atoms with Crippen LogP contribution < -0.4 is 33.8 Å². The smallest absolute Gasteiger partial charge is 0.337 e. The minimum Gasteiger partial charge on any atom is -0.490 e. The topological polar surface area (TPSA) is 97.6 Å². The third-order valence-corrected chi connectivity index (χ3v) is 8.90. The summed E-state index contributed by atoms with van der Waals surface area (Å²) in [5.74, 6) is 1.76. The minimum absolute atomic E-state index is 0.233. The number of halogens is 1. The Morgan fingerprint density at radius 2 is 1.70 bits per heavy atom. The molecule has 11 heteroatoms. The second-order valence-corrected chi connectivity index (χ2v) is 12.5. The first-order valence-corrected chi connectivity index (χ1v) is 16.8. The Labute approximate surface area is 284 Å². The maximum atomic E-state index is 14.1.